The molecule has 0 spiro atoms. The molecule has 164 valence electrons. The van der Waals surface area contributed by atoms with Crippen LogP contribution in [-0.4, -0.2) is 41.6 Å². The molecule has 1 aliphatic heterocycles. The van der Waals surface area contributed by atoms with Crippen molar-refractivity contribution in [2.24, 2.45) is 5.92 Å². The van der Waals surface area contributed by atoms with Gasteiger partial charge in [0.05, 0.1) is 18.8 Å². The third-order valence-corrected chi connectivity index (χ3v) is 5.39. The number of hydrogen-bond acceptors (Lipinski definition) is 5. The molecule has 0 bridgehead atoms. The molecule has 30 heavy (non-hydrogen) atoms. The van der Waals surface area contributed by atoms with Gasteiger partial charge in [-0.25, -0.2) is 14.4 Å². The molecule has 2 aromatic heterocycles. The summed E-state index contributed by atoms with van der Waals surface area (Å²) < 4.78 is 58.4. The Hall–Kier alpha value is -2.42. The minimum absolute atomic E-state index is 0.220. The molecule has 9 heteroatoms. The zero-order chi connectivity index (χ0) is 21.9. The fraction of sp³-hybridized carbons (Fsp3) is 0.524. The van der Waals surface area contributed by atoms with Crippen molar-refractivity contribution in [2.75, 3.05) is 32.1 Å². The predicted molar refractivity (Wildman–Crippen MR) is 106 cm³/mol. The SMILES string of the molecule is COc1ccc(F)c(C(C)N2CCCC(CNc3cc(C)nc(C(F)(F)F)c3)C2)n1. The van der Waals surface area contributed by atoms with Crippen LogP contribution in [0.15, 0.2) is 24.3 Å². The van der Waals surface area contributed by atoms with E-state index in [-0.39, 0.29) is 17.8 Å². The van der Waals surface area contributed by atoms with Gasteiger partial charge in [-0.1, -0.05) is 0 Å². The fourth-order valence-electron chi connectivity index (χ4n) is 3.81. The van der Waals surface area contributed by atoms with Crippen LogP contribution in [0.3, 0.4) is 0 Å². The Morgan fingerprint density at radius 3 is 2.73 bits per heavy atom. The van der Waals surface area contributed by atoms with Crippen LogP contribution in [0.4, 0.5) is 23.2 Å². The standard InChI is InChI=1S/C21H26F4N4O/c1-13-9-16(10-18(27-13)21(23,24)25)26-11-15-5-4-8-29(12-15)14(2)20-17(22)6-7-19(28-20)30-3/h6-7,9-10,14-15H,4-5,8,11-12H2,1-3H3,(H,26,27). The number of ether oxygens (including phenoxy) is 1. The van der Waals surface area contributed by atoms with Crippen molar-refractivity contribution in [1.29, 1.82) is 0 Å². The molecular weight excluding hydrogens is 400 g/mol. The van der Waals surface area contributed by atoms with Gasteiger partial charge in [0.2, 0.25) is 5.88 Å². The molecular formula is C21H26F4N4O. The molecule has 5 nitrogen and oxygen atoms in total. The van der Waals surface area contributed by atoms with E-state index in [1.807, 2.05) is 6.92 Å². The molecule has 1 aliphatic rings. The first kappa shape index (κ1) is 22.3. The molecule has 0 aromatic carbocycles. The van der Waals surface area contributed by atoms with Gasteiger partial charge in [-0.05, 0) is 57.4 Å². The zero-order valence-corrected chi connectivity index (χ0v) is 17.3. The van der Waals surface area contributed by atoms with Crippen molar-refractivity contribution in [3.63, 3.8) is 0 Å². The smallest absolute Gasteiger partial charge is 0.433 e. The maximum absolute atomic E-state index is 14.3. The molecule has 2 atom stereocenters. The van der Waals surface area contributed by atoms with E-state index in [4.69, 9.17) is 4.74 Å². The lowest BCUT2D eigenvalue weighted by Crippen LogP contribution is -2.40. The molecule has 1 saturated heterocycles. The number of methoxy groups -OCH3 is 1. The van der Waals surface area contributed by atoms with Crippen LogP contribution in [0.5, 0.6) is 5.88 Å². The second-order valence-corrected chi connectivity index (χ2v) is 7.66. The van der Waals surface area contributed by atoms with E-state index in [1.165, 1.54) is 19.2 Å². The van der Waals surface area contributed by atoms with E-state index in [0.717, 1.165) is 25.5 Å². The Bertz CT molecular complexity index is 875. The first-order valence-corrected chi connectivity index (χ1v) is 9.91. The molecule has 3 rings (SSSR count). The van der Waals surface area contributed by atoms with Crippen LogP contribution in [0.1, 0.15) is 42.9 Å². The minimum atomic E-state index is -4.48. The average Bonchev–Trinajstić information content (AvgIpc) is 2.71. The number of nitrogens with zero attached hydrogens (tertiary/aromatic N) is 3. The van der Waals surface area contributed by atoms with Crippen LogP contribution >= 0.6 is 0 Å². The Morgan fingerprint density at radius 2 is 2.03 bits per heavy atom. The summed E-state index contributed by atoms with van der Waals surface area (Å²) in [6, 6.07) is 5.24. The lowest BCUT2D eigenvalue weighted by Gasteiger charge is -2.37. The van der Waals surface area contributed by atoms with E-state index in [9.17, 15) is 17.6 Å². The first-order valence-electron chi connectivity index (χ1n) is 9.91. The van der Waals surface area contributed by atoms with E-state index in [2.05, 4.69) is 20.2 Å². The topological polar surface area (TPSA) is 50.3 Å². The van der Waals surface area contributed by atoms with Gasteiger partial charge >= 0.3 is 6.18 Å². The number of piperidine rings is 1. The first-order chi connectivity index (χ1) is 14.2. The van der Waals surface area contributed by atoms with E-state index in [1.54, 1.807) is 13.0 Å². The van der Waals surface area contributed by atoms with E-state index in [0.29, 0.717) is 36.0 Å². The molecule has 0 amide bonds. The highest BCUT2D eigenvalue weighted by Crippen LogP contribution is 2.31. The van der Waals surface area contributed by atoms with Gasteiger partial charge in [0.1, 0.15) is 11.5 Å². The maximum Gasteiger partial charge on any atom is 0.433 e. The molecule has 1 N–H and O–H groups in total. The number of anilines is 1. The van der Waals surface area contributed by atoms with Crippen molar-refractivity contribution < 1.29 is 22.3 Å². The Kier molecular flexibility index (Phi) is 6.80. The third-order valence-electron chi connectivity index (χ3n) is 5.39. The molecule has 1 fully saturated rings. The number of aromatic nitrogens is 2. The number of rotatable bonds is 6. The molecule has 2 unspecified atom stereocenters. The van der Waals surface area contributed by atoms with Gasteiger partial charge in [0, 0.05) is 30.5 Å². The number of halogens is 4. The summed E-state index contributed by atoms with van der Waals surface area (Å²) in [5, 5.41) is 3.12. The van der Waals surface area contributed by atoms with E-state index < -0.39 is 11.9 Å². The highest BCUT2D eigenvalue weighted by molar-refractivity contribution is 5.46. The largest absolute Gasteiger partial charge is 0.481 e. The van der Waals surface area contributed by atoms with Gasteiger partial charge < -0.3 is 10.1 Å². The zero-order valence-electron chi connectivity index (χ0n) is 17.3. The number of pyridine rings is 2. The van der Waals surface area contributed by atoms with Gasteiger partial charge in [-0.2, -0.15) is 13.2 Å². The monoisotopic (exact) mass is 426 g/mol. The number of hydrogen-bond donors (Lipinski definition) is 1. The molecule has 0 radical (unpaired) electrons. The number of aryl methyl sites for hydroxylation is 1. The summed E-state index contributed by atoms with van der Waals surface area (Å²) in [6.45, 7) is 5.48. The maximum atomic E-state index is 14.3. The lowest BCUT2D eigenvalue weighted by molar-refractivity contribution is -0.141. The van der Waals surface area contributed by atoms with Gasteiger partial charge in [-0.3, -0.25) is 4.90 Å². The summed E-state index contributed by atoms with van der Waals surface area (Å²) in [7, 11) is 1.49. The predicted octanol–water partition coefficient (Wildman–Crippen LogP) is 4.84. The normalized spacial score (nSPS) is 18.8. The second kappa shape index (κ2) is 9.16. The van der Waals surface area contributed by atoms with Crippen molar-refractivity contribution in [2.45, 2.75) is 38.9 Å². The summed E-state index contributed by atoms with van der Waals surface area (Å²) in [5.74, 6) is 0.204. The minimum Gasteiger partial charge on any atom is -0.481 e. The molecule has 0 aliphatic carbocycles. The molecule has 0 saturated carbocycles. The van der Waals surface area contributed by atoms with Crippen LogP contribution in [0.2, 0.25) is 0 Å². The number of likely N-dealkylation sites (tertiary alicyclic amines) is 1. The summed E-state index contributed by atoms with van der Waals surface area (Å²) >= 11 is 0. The van der Waals surface area contributed by atoms with Crippen molar-refractivity contribution in [3.05, 3.63) is 47.2 Å². The van der Waals surface area contributed by atoms with Crippen LogP contribution in [0.25, 0.3) is 0 Å². The van der Waals surface area contributed by atoms with Crippen molar-refractivity contribution >= 4 is 5.69 Å². The van der Waals surface area contributed by atoms with Gasteiger partial charge in [0.15, 0.2) is 0 Å². The van der Waals surface area contributed by atoms with Crippen LogP contribution in [-0.2, 0) is 6.18 Å². The van der Waals surface area contributed by atoms with Crippen LogP contribution in [0, 0.1) is 18.7 Å². The Morgan fingerprint density at radius 1 is 1.27 bits per heavy atom. The van der Waals surface area contributed by atoms with Gasteiger partial charge in [0.25, 0.3) is 0 Å². The summed E-state index contributed by atoms with van der Waals surface area (Å²) in [4.78, 5) is 9.98. The Balaban J connectivity index is 1.65. The third kappa shape index (κ3) is 5.38. The fourth-order valence-corrected chi connectivity index (χ4v) is 3.81. The average molecular weight is 426 g/mol. The lowest BCUT2D eigenvalue weighted by atomic mass is 9.96. The van der Waals surface area contributed by atoms with Crippen molar-refractivity contribution in [3.8, 4) is 5.88 Å². The Labute approximate surface area is 173 Å². The highest BCUT2D eigenvalue weighted by Gasteiger charge is 2.33. The van der Waals surface area contributed by atoms with Crippen LogP contribution < -0.4 is 10.1 Å². The van der Waals surface area contributed by atoms with E-state index >= 15 is 0 Å². The summed E-state index contributed by atoms with van der Waals surface area (Å²) in [6.07, 6.45) is -2.61. The quantitative estimate of drug-likeness (QED) is 0.670. The van der Waals surface area contributed by atoms with Gasteiger partial charge in [-0.15, -0.1) is 0 Å². The number of nitrogens with one attached hydrogen (secondary N) is 1. The van der Waals surface area contributed by atoms with Crippen molar-refractivity contribution in [1.82, 2.24) is 14.9 Å². The summed E-state index contributed by atoms with van der Waals surface area (Å²) in [5.41, 5.74) is 0.150. The number of alkyl halides is 3. The molecule has 3 heterocycles. The molecule has 2 aromatic rings. The second-order valence-electron chi connectivity index (χ2n) is 7.66. The highest BCUT2D eigenvalue weighted by atomic mass is 19.4.